The summed E-state index contributed by atoms with van der Waals surface area (Å²) in [7, 11) is 0. The highest BCUT2D eigenvalue weighted by atomic mass is 32.1. The van der Waals surface area contributed by atoms with Gasteiger partial charge >= 0.3 is 12.1 Å². The molecule has 0 fully saturated rings. The van der Waals surface area contributed by atoms with Crippen LogP contribution in [0.2, 0.25) is 0 Å². The lowest BCUT2D eigenvalue weighted by atomic mass is 9.94. The third-order valence-electron chi connectivity index (χ3n) is 4.81. The molecule has 0 aliphatic carbocycles. The maximum Gasteiger partial charge on any atom is 0.417 e. The van der Waals surface area contributed by atoms with Crippen LogP contribution in [0, 0.1) is 5.82 Å². The van der Waals surface area contributed by atoms with E-state index in [0.717, 1.165) is 11.3 Å². The van der Waals surface area contributed by atoms with Gasteiger partial charge in [0, 0.05) is 10.4 Å². The first-order valence-corrected chi connectivity index (χ1v) is 10.2. The van der Waals surface area contributed by atoms with E-state index in [1.54, 1.807) is 34.6 Å². The number of fused-ring (bicyclic) bond motifs is 1. The lowest BCUT2D eigenvalue weighted by Crippen LogP contribution is -2.25. The molecular formula is C21H21F4NO4S. The van der Waals surface area contributed by atoms with Crippen LogP contribution < -0.4 is 5.32 Å². The number of thiophene rings is 1. The van der Waals surface area contributed by atoms with E-state index in [4.69, 9.17) is 9.47 Å². The second-order valence-corrected chi connectivity index (χ2v) is 9.02. The third-order valence-corrected chi connectivity index (χ3v) is 6.22. The number of alkyl halides is 3. The first kappa shape index (κ1) is 23.2. The van der Waals surface area contributed by atoms with Crippen LogP contribution in [0.5, 0.6) is 0 Å². The van der Waals surface area contributed by atoms with Crippen molar-refractivity contribution in [2.45, 2.75) is 52.0 Å². The zero-order chi connectivity index (χ0) is 23.4. The molecule has 1 N–H and O–H groups in total. The van der Waals surface area contributed by atoms with E-state index in [2.05, 4.69) is 5.32 Å². The zero-order valence-corrected chi connectivity index (χ0v) is 18.3. The van der Waals surface area contributed by atoms with Crippen molar-refractivity contribution in [2.75, 3.05) is 11.9 Å². The van der Waals surface area contributed by atoms with Gasteiger partial charge in [-0.15, -0.1) is 11.3 Å². The highest BCUT2D eigenvalue weighted by molar-refractivity contribution is 7.17. The Hall–Kier alpha value is -2.46. The molecule has 0 spiro atoms. The summed E-state index contributed by atoms with van der Waals surface area (Å²) >= 11 is 1.02. The lowest BCUT2D eigenvalue weighted by Gasteiger charge is -2.26. The lowest BCUT2D eigenvalue weighted by molar-refractivity contribution is -0.137. The minimum Gasteiger partial charge on any atom is -0.462 e. The van der Waals surface area contributed by atoms with Crippen LogP contribution in [0.3, 0.4) is 0 Å². The van der Waals surface area contributed by atoms with E-state index < -0.39 is 46.2 Å². The van der Waals surface area contributed by atoms with Crippen LogP contribution in [0.1, 0.15) is 71.3 Å². The van der Waals surface area contributed by atoms with Gasteiger partial charge in [0.2, 0.25) is 0 Å². The molecule has 10 heteroatoms. The van der Waals surface area contributed by atoms with E-state index in [0.29, 0.717) is 28.6 Å². The Balaban J connectivity index is 2.13. The minimum absolute atomic E-state index is 0.0234. The van der Waals surface area contributed by atoms with Crippen molar-refractivity contribution in [1.29, 1.82) is 0 Å². The molecule has 0 bridgehead atoms. The summed E-state index contributed by atoms with van der Waals surface area (Å²) in [6, 6.07) is 1.65. The molecule has 3 rings (SSSR count). The van der Waals surface area contributed by atoms with Crippen molar-refractivity contribution in [3.63, 3.8) is 0 Å². The van der Waals surface area contributed by atoms with Crippen LogP contribution in [-0.4, -0.2) is 18.5 Å². The standard InChI is InChI=1S/C21H21F4NO4S/c1-6-29-18(28)13-14-15(20(4,5)30-19(14,2)3)31-17(13)26-16(27)11-9-10(22)7-8-12(11)21(23,24)25/h7-9H,6H2,1-5H3,(H,26,27). The topological polar surface area (TPSA) is 64.6 Å². The fourth-order valence-electron chi connectivity index (χ4n) is 3.77. The second-order valence-electron chi connectivity index (χ2n) is 8.00. The van der Waals surface area contributed by atoms with E-state index in [1.165, 1.54) is 0 Å². The highest BCUT2D eigenvalue weighted by Crippen LogP contribution is 2.54. The molecule has 0 unspecified atom stereocenters. The monoisotopic (exact) mass is 459 g/mol. The van der Waals surface area contributed by atoms with Gasteiger partial charge in [0.1, 0.15) is 16.4 Å². The number of anilines is 1. The Bertz CT molecular complexity index is 1060. The van der Waals surface area contributed by atoms with E-state index >= 15 is 0 Å². The van der Waals surface area contributed by atoms with E-state index in [1.807, 2.05) is 0 Å². The SMILES string of the molecule is CCOC(=O)c1c(NC(=O)c2cc(F)ccc2C(F)(F)F)sc2c1C(C)(C)OC2(C)C. The molecule has 2 aromatic rings. The average molecular weight is 459 g/mol. The number of benzene rings is 1. The van der Waals surface area contributed by atoms with Crippen LogP contribution in [-0.2, 0) is 26.9 Å². The molecule has 1 aliphatic heterocycles. The van der Waals surface area contributed by atoms with Crippen LogP contribution in [0.4, 0.5) is 22.6 Å². The van der Waals surface area contributed by atoms with Gasteiger partial charge < -0.3 is 14.8 Å². The van der Waals surface area contributed by atoms with Crippen LogP contribution >= 0.6 is 11.3 Å². The summed E-state index contributed by atoms with van der Waals surface area (Å²) in [5.41, 5.74) is -3.34. The molecule has 0 radical (unpaired) electrons. The number of halogens is 4. The highest BCUT2D eigenvalue weighted by Gasteiger charge is 2.49. The normalized spacial score (nSPS) is 16.7. The average Bonchev–Trinajstić information content (AvgIpc) is 3.08. The minimum atomic E-state index is -4.86. The number of hydrogen-bond donors (Lipinski definition) is 1. The van der Waals surface area contributed by atoms with Gasteiger partial charge in [-0.25, -0.2) is 9.18 Å². The maximum absolute atomic E-state index is 13.6. The number of carbonyl (C=O) groups excluding carboxylic acids is 2. The molecule has 1 aliphatic rings. The quantitative estimate of drug-likeness (QED) is 0.461. The van der Waals surface area contributed by atoms with Crippen molar-refractivity contribution in [2.24, 2.45) is 0 Å². The van der Waals surface area contributed by atoms with Gasteiger partial charge in [0.05, 0.1) is 28.9 Å². The van der Waals surface area contributed by atoms with Crippen molar-refractivity contribution >= 4 is 28.2 Å². The molecule has 1 aromatic carbocycles. The predicted molar refractivity (Wildman–Crippen MR) is 107 cm³/mol. The Morgan fingerprint density at radius 1 is 1.16 bits per heavy atom. The number of ether oxygens (including phenoxy) is 2. The predicted octanol–water partition coefficient (Wildman–Crippen LogP) is 5.84. The van der Waals surface area contributed by atoms with E-state index in [9.17, 15) is 27.2 Å². The number of carbonyl (C=O) groups is 2. The first-order valence-electron chi connectivity index (χ1n) is 9.42. The molecule has 5 nitrogen and oxygen atoms in total. The Morgan fingerprint density at radius 2 is 1.81 bits per heavy atom. The van der Waals surface area contributed by atoms with Crippen molar-refractivity contribution in [3.05, 3.63) is 51.1 Å². The fourth-order valence-corrected chi connectivity index (χ4v) is 5.15. The van der Waals surface area contributed by atoms with Gasteiger partial charge in [-0.2, -0.15) is 13.2 Å². The number of amides is 1. The molecule has 0 saturated heterocycles. The van der Waals surface area contributed by atoms with Crippen molar-refractivity contribution in [1.82, 2.24) is 0 Å². The van der Waals surface area contributed by atoms with Gasteiger partial charge in [-0.1, -0.05) is 0 Å². The summed E-state index contributed by atoms with van der Waals surface area (Å²) in [6.45, 7) is 8.73. The molecule has 168 valence electrons. The fraction of sp³-hybridized carbons (Fsp3) is 0.429. The number of nitrogens with one attached hydrogen (secondary N) is 1. The van der Waals surface area contributed by atoms with Crippen LogP contribution in [0.15, 0.2) is 18.2 Å². The summed E-state index contributed by atoms with van der Waals surface area (Å²) in [6.07, 6.45) is -4.86. The summed E-state index contributed by atoms with van der Waals surface area (Å²) in [5, 5.41) is 2.39. The number of esters is 1. The molecule has 2 heterocycles. The van der Waals surface area contributed by atoms with Crippen molar-refractivity contribution < 1.29 is 36.6 Å². The molecule has 0 atom stereocenters. The van der Waals surface area contributed by atoms with Crippen molar-refractivity contribution in [3.8, 4) is 0 Å². The zero-order valence-electron chi connectivity index (χ0n) is 17.5. The van der Waals surface area contributed by atoms with Gasteiger partial charge in [-0.3, -0.25) is 4.79 Å². The molecule has 31 heavy (non-hydrogen) atoms. The molecule has 1 amide bonds. The Morgan fingerprint density at radius 3 is 2.39 bits per heavy atom. The summed E-state index contributed by atoms with van der Waals surface area (Å²) in [4.78, 5) is 26.1. The molecular weight excluding hydrogens is 438 g/mol. The molecule has 0 saturated carbocycles. The smallest absolute Gasteiger partial charge is 0.417 e. The number of rotatable bonds is 4. The Labute approximate surface area is 180 Å². The first-order chi connectivity index (χ1) is 14.2. The number of hydrogen-bond acceptors (Lipinski definition) is 5. The summed E-state index contributed by atoms with van der Waals surface area (Å²) < 4.78 is 64.8. The van der Waals surface area contributed by atoms with Gasteiger partial charge in [0.25, 0.3) is 5.91 Å². The van der Waals surface area contributed by atoms with Gasteiger partial charge in [0.15, 0.2) is 0 Å². The second kappa shape index (κ2) is 7.59. The summed E-state index contributed by atoms with van der Waals surface area (Å²) in [5.74, 6) is -2.91. The van der Waals surface area contributed by atoms with Gasteiger partial charge in [-0.05, 0) is 52.8 Å². The van der Waals surface area contributed by atoms with E-state index in [-0.39, 0.29) is 17.2 Å². The largest absolute Gasteiger partial charge is 0.462 e. The third kappa shape index (κ3) is 4.18. The van der Waals surface area contributed by atoms with Crippen LogP contribution in [0.25, 0.3) is 0 Å². The molecule has 1 aromatic heterocycles. The Kier molecular flexibility index (Phi) is 5.69. The maximum atomic E-state index is 13.6.